The molecule has 0 aliphatic carbocycles. The predicted octanol–water partition coefficient (Wildman–Crippen LogP) is 2.48. The Morgan fingerprint density at radius 3 is 2.60 bits per heavy atom. The molecule has 20 heavy (non-hydrogen) atoms. The Morgan fingerprint density at radius 1 is 1.25 bits per heavy atom. The molecule has 2 rings (SSSR count). The summed E-state index contributed by atoms with van der Waals surface area (Å²) in [5, 5.41) is 12.7. The molecule has 2 aromatic carbocycles. The zero-order chi connectivity index (χ0) is 14.5. The summed E-state index contributed by atoms with van der Waals surface area (Å²) in [7, 11) is 0. The van der Waals surface area contributed by atoms with Crippen LogP contribution in [0.4, 0.5) is 0 Å². The first kappa shape index (κ1) is 14.4. The normalized spacial score (nSPS) is 11.9. The fourth-order valence-corrected chi connectivity index (χ4v) is 1.98. The van der Waals surface area contributed by atoms with Crippen LogP contribution >= 0.6 is 11.6 Å². The summed E-state index contributed by atoms with van der Waals surface area (Å²) in [6, 6.07) is 13.5. The van der Waals surface area contributed by atoms with Crippen LogP contribution in [0, 0.1) is 0 Å². The van der Waals surface area contributed by atoms with Gasteiger partial charge in [-0.05, 0) is 23.8 Å². The van der Waals surface area contributed by atoms with Crippen molar-refractivity contribution in [1.29, 1.82) is 0 Å². The number of carbonyl (C=O) groups excluding carboxylic acids is 1. The second kappa shape index (κ2) is 6.41. The van der Waals surface area contributed by atoms with Crippen LogP contribution in [-0.4, -0.2) is 17.6 Å². The Morgan fingerprint density at radius 2 is 1.95 bits per heavy atom. The molecular formula is C15H15ClN2O2. The minimum absolute atomic E-state index is 0.150. The van der Waals surface area contributed by atoms with Gasteiger partial charge in [0, 0.05) is 17.6 Å². The van der Waals surface area contributed by atoms with Gasteiger partial charge in [0.05, 0.1) is 5.56 Å². The van der Waals surface area contributed by atoms with Crippen LogP contribution in [0.1, 0.15) is 22.0 Å². The SMILES string of the molecule is NC(CNC(=O)c1ccc(Cl)cc1O)c1ccccc1. The number of carbonyl (C=O) groups is 1. The van der Waals surface area contributed by atoms with Gasteiger partial charge >= 0.3 is 0 Å². The number of aromatic hydroxyl groups is 1. The topological polar surface area (TPSA) is 75.3 Å². The van der Waals surface area contributed by atoms with Crippen molar-refractivity contribution in [3.05, 3.63) is 64.7 Å². The third-order valence-corrected chi connectivity index (χ3v) is 3.15. The van der Waals surface area contributed by atoms with Crippen LogP contribution in [-0.2, 0) is 0 Å². The Labute approximate surface area is 122 Å². The molecule has 2 aromatic rings. The number of rotatable bonds is 4. The van der Waals surface area contributed by atoms with E-state index in [-0.39, 0.29) is 29.8 Å². The van der Waals surface area contributed by atoms with Crippen molar-refractivity contribution in [3.8, 4) is 5.75 Å². The van der Waals surface area contributed by atoms with Crippen LogP contribution in [0.15, 0.2) is 48.5 Å². The lowest BCUT2D eigenvalue weighted by atomic mass is 10.1. The minimum Gasteiger partial charge on any atom is -0.507 e. The number of halogens is 1. The number of phenols is 1. The quantitative estimate of drug-likeness (QED) is 0.810. The molecule has 0 radical (unpaired) electrons. The van der Waals surface area contributed by atoms with Crippen molar-refractivity contribution in [1.82, 2.24) is 5.32 Å². The Kier molecular flexibility index (Phi) is 4.61. The van der Waals surface area contributed by atoms with E-state index in [9.17, 15) is 9.90 Å². The molecule has 0 aliphatic heterocycles. The molecule has 0 aliphatic rings. The first-order valence-electron chi connectivity index (χ1n) is 6.15. The smallest absolute Gasteiger partial charge is 0.255 e. The third kappa shape index (κ3) is 3.50. The van der Waals surface area contributed by atoms with Gasteiger partial charge < -0.3 is 16.2 Å². The van der Waals surface area contributed by atoms with Gasteiger partial charge in [0.25, 0.3) is 5.91 Å². The second-order valence-corrected chi connectivity index (χ2v) is 4.83. The maximum Gasteiger partial charge on any atom is 0.255 e. The third-order valence-electron chi connectivity index (χ3n) is 2.91. The highest BCUT2D eigenvalue weighted by molar-refractivity contribution is 6.30. The number of hydrogen-bond donors (Lipinski definition) is 3. The van der Waals surface area contributed by atoms with E-state index < -0.39 is 0 Å². The van der Waals surface area contributed by atoms with E-state index in [4.69, 9.17) is 17.3 Å². The maximum absolute atomic E-state index is 11.9. The molecule has 1 amide bonds. The van der Waals surface area contributed by atoms with Crippen LogP contribution in [0.2, 0.25) is 5.02 Å². The zero-order valence-electron chi connectivity index (χ0n) is 10.7. The first-order chi connectivity index (χ1) is 9.58. The van der Waals surface area contributed by atoms with Gasteiger partial charge in [-0.3, -0.25) is 4.79 Å². The van der Waals surface area contributed by atoms with Crippen LogP contribution in [0.5, 0.6) is 5.75 Å². The monoisotopic (exact) mass is 290 g/mol. The number of amides is 1. The van der Waals surface area contributed by atoms with Gasteiger partial charge in [-0.25, -0.2) is 0 Å². The molecule has 0 fully saturated rings. The summed E-state index contributed by atoms with van der Waals surface area (Å²) in [5.41, 5.74) is 7.10. The molecular weight excluding hydrogens is 276 g/mol. The van der Waals surface area contributed by atoms with Crippen molar-refractivity contribution >= 4 is 17.5 Å². The van der Waals surface area contributed by atoms with E-state index in [0.29, 0.717) is 5.02 Å². The Bertz CT molecular complexity index is 602. The summed E-state index contributed by atoms with van der Waals surface area (Å²) in [6.07, 6.45) is 0. The molecule has 0 heterocycles. The molecule has 0 saturated heterocycles. The number of hydrogen-bond acceptors (Lipinski definition) is 3. The highest BCUT2D eigenvalue weighted by Crippen LogP contribution is 2.21. The maximum atomic E-state index is 11.9. The van der Waals surface area contributed by atoms with Crippen molar-refractivity contribution in [2.45, 2.75) is 6.04 Å². The molecule has 0 aromatic heterocycles. The summed E-state index contributed by atoms with van der Waals surface area (Å²) in [5.74, 6) is -0.533. The molecule has 0 bridgehead atoms. The molecule has 1 atom stereocenters. The molecule has 4 nitrogen and oxygen atoms in total. The minimum atomic E-state index is -0.384. The van der Waals surface area contributed by atoms with Gasteiger partial charge in [-0.2, -0.15) is 0 Å². The van der Waals surface area contributed by atoms with Gasteiger partial charge in [-0.15, -0.1) is 0 Å². The molecule has 4 N–H and O–H groups in total. The first-order valence-corrected chi connectivity index (χ1v) is 6.53. The van der Waals surface area contributed by atoms with E-state index in [1.807, 2.05) is 30.3 Å². The molecule has 5 heteroatoms. The lowest BCUT2D eigenvalue weighted by Crippen LogP contribution is -2.31. The summed E-state index contributed by atoms with van der Waals surface area (Å²) in [4.78, 5) is 11.9. The van der Waals surface area contributed by atoms with Gasteiger partial charge in [-0.1, -0.05) is 41.9 Å². The summed E-state index contributed by atoms with van der Waals surface area (Å²) in [6.45, 7) is 0.283. The van der Waals surface area contributed by atoms with Gasteiger partial charge in [0.2, 0.25) is 0 Å². The molecule has 0 saturated carbocycles. The summed E-state index contributed by atoms with van der Waals surface area (Å²) >= 11 is 5.72. The average Bonchev–Trinajstić information content (AvgIpc) is 2.45. The largest absolute Gasteiger partial charge is 0.507 e. The number of phenolic OH excluding ortho intramolecular Hbond substituents is 1. The van der Waals surface area contributed by atoms with Crippen molar-refractivity contribution in [2.24, 2.45) is 5.73 Å². The van der Waals surface area contributed by atoms with Crippen molar-refractivity contribution in [3.63, 3.8) is 0 Å². The fourth-order valence-electron chi connectivity index (χ4n) is 1.81. The zero-order valence-corrected chi connectivity index (χ0v) is 11.5. The molecule has 0 spiro atoms. The van der Waals surface area contributed by atoms with E-state index >= 15 is 0 Å². The van der Waals surface area contributed by atoms with Crippen LogP contribution in [0.25, 0.3) is 0 Å². The number of benzene rings is 2. The van der Waals surface area contributed by atoms with E-state index in [1.165, 1.54) is 12.1 Å². The number of nitrogens with one attached hydrogen (secondary N) is 1. The van der Waals surface area contributed by atoms with Gasteiger partial charge in [0.1, 0.15) is 5.75 Å². The average molecular weight is 291 g/mol. The van der Waals surface area contributed by atoms with Crippen molar-refractivity contribution in [2.75, 3.05) is 6.54 Å². The Hall–Kier alpha value is -2.04. The molecule has 104 valence electrons. The molecule has 1 unspecified atom stereocenters. The number of nitrogens with two attached hydrogens (primary N) is 1. The fraction of sp³-hybridized carbons (Fsp3) is 0.133. The van der Waals surface area contributed by atoms with Crippen molar-refractivity contribution < 1.29 is 9.90 Å². The van der Waals surface area contributed by atoms with Gasteiger partial charge in [0.15, 0.2) is 0 Å². The highest BCUT2D eigenvalue weighted by atomic mass is 35.5. The predicted molar refractivity (Wildman–Crippen MR) is 78.8 cm³/mol. The Balaban J connectivity index is 1.99. The second-order valence-electron chi connectivity index (χ2n) is 4.39. The standard InChI is InChI=1S/C15H15ClN2O2/c16-11-6-7-12(14(19)8-11)15(20)18-9-13(17)10-4-2-1-3-5-10/h1-8,13,19H,9,17H2,(H,18,20). The van der Waals surface area contributed by atoms with Crippen LogP contribution in [0.3, 0.4) is 0 Å². The van der Waals surface area contributed by atoms with E-state index in [1.54, 1.807) is 6.07 Å². The van der Waals surface area contributed by atoms with Crippen LogP contribution < -0.4 is 11.1 Å². The lowest BCUT2D eigenvalue weighted by Gasteiger charge is -2.13. The summed E-state index contributed by atoms with van der Waals surface area (Å²) < 4.78 is 0. The van der Waals surface area contributed by atoms with E-state index in [2.05, 4.69) is 5.32 Å². The lowest BCUT2D eigenvalue weighted by molar-refractivity contribution is 0.0948. The van der Waals surface area contributed by atoms with E-state index in [0.717, 1.165) is 5.56 Å². The highest BCUT2D eigenvalue weighted by Gasteiger charge is 2.13.